The lowest BCUT2D eigenvalue weighted by atomic mass is 10.1. The monoisotopic (exact) mass is 529 g/mol. The Balaban J connectivity index is 1.40. The zero-order chi connectivity index (χ0) is 27.4. The van der Waals surface area contributed by atoms with Crippen LogP contribution >= 0.6 is 11.8 Å². The molecule has 10 heteroatoms. The standard InChI is InChI=1S/C28H23N3O6S/c1-16-12-17(2)30-26(22(16)14-29)38-24-13-25(33)31(27(24)34)20-8-4-19(5-9-20)28(35)37-15-23(32)18-6-10-21(36-3)11-7-18/h4-12,24H,13,15H2,1-3H3. The Bertz CT molecular complexity index is 1460. The number of esters is 1. The smallest absolute Gasteiger partial charge is 0.338 e. The fourth-order valence-electron chi connectivity index (χ4n) is 3.95. The maximum absolute atomic E-state index is 13.1. The van der Waals surface area contributed by atoms with Gasteiger partial charge >= 0.3 is 5.97 Å². The van der Waals surface area contributed by atoms with Crippen LogP contribution in [-0.2, 0) is 14.3 Å². The van der Waals surface area contributed by atoms with Crippen LogP contribution in [0.1, 0.15) is 44.0 Å². The Morgan fingerprint density at radius 3 is 2.37 bits per heavy atom. The van der Waals surface area contributed by atoms with E-state index in [4.69, 9.17) is 9.47 Å². The van der Waals surface area contributed by atoms with Gasteiger partial charge in [0.05, 0.1) is 29.2 Å². The van der Waals surface area contributed by atoms with Crippen LogP contribution in [-0.4, -0.2) is 47.5 Å². The first-order valence-electron chi connectivity index (χ1n) is 11.6. The molecule has 1 saturated heterocycles. The molecule has 0 spiro atoms. The summed E-state index contributed by atoms with van der Waals surface area (Å²) in [4.78, 5) is 56.0. The van der Waals surface area contributed by atoms with Gasteiger partial charge in [-0.15, -0.1) is 0 Å². The summed E-state index contributed by atoms with van der Waals surface area (Å²) in [7, 11) is 1.52. The van der Waals surface area contributed by atoms with Crippen molar-refractivity contribution in [3.8, 4) is 11.8 Å². The zero-order valence-electron chi connectivity index (χ0n) is 20.9. The van der Waals surface area contributed by atoms with E-state index in [1.165, 1.54) is 31.4 Å². The summed E-state index contributed by atoms with van der Waals surface area (Å²) >= 11 is 1.10. The number of methoxy groups -OCH3 is 1. The van der Waals surface area contributed by atoms with Gasteiger partial charge in [-0.3, -0.25) is 14.4 Å². The summed E-state index contributed by atoms with van der Waals surface area (Å²) in [6.07, 6.45) is -0.0414. The number of carbonyl (C=O) groups excluding carboxylic acids is 4. The van der Waals surface area contributed by atoms with Crippen molar-refractivity contribution in [3.05, 3.63) is 82.5 Å². The largest absolute Gasteiger partial charge is 0.497 e. The Morgan fingerprint density at radius 2 is 1.74 bits per heavy atom. The Labute approximate surface area is 223 Å². The average molecular weight is 530 g/mol. The molecular weight excluding hydrogens is 506 g/mol. The van der Waals surface area contributed by atoms with Crippen LogP contribution < -0.4 is 9.64 Å². The molecule has 1 aliphatic heterocycles. The fraction of sp³-hybridized carbons (Fsp3) is 0.214. The number of hydrogen-bond acceptors (Lipinski definition) is 9. The second kappa shape index (κ2) is 11.3. The van der Waals surface area contributed by atoms with Crippen molar-refractivity contribution in [2.45, 2.75) is 30.5 Å². The van der Waals surface area contributed by atoms with Gasteiger partial charge in [0, 0.05) is 17.7 Å². The lowest BCUT2D eigenvalue weighted by molar-refractivity contribution is -0.121. The quantitative estimate of drug-likeness (QED) is 0.241. The van der Waals surface area contributed by atoms with E-state index in [2.05, 4.69) is 11.1 Å². The van der Waals surface area contributed by atoms with Gasteiger partial charge in [0.1, 0.15) is 16.8 Å². The van der Waals surface area contributed by atoms with Crippen molar-refractivity contribution >= 4 is 41.0 Å². The van der Waals surface area contributed by atoms with E-state index >= 15 is 0 Å². The molecule has 4 rings (SSSR count). The molecule has 0 radical (unpaired) electrons. The average Bonchev–Trinajstić information content (AvgIpc) is 3.19. The molecule has 1 aromatic heterocycles. The van der Waals surface area contributed by atoms with Crippen LogP contribution in [0.5, 0.6) is 5.75 Å². The van der Waals surface area contributed by atoms with Gasteiger partial charge in [-0.25, -0.2) is 14.7 Å². The summed E-state index contributed by atoms with van der Waals surface area (Å²) < 4.78 is 10.2. The van der Waals surface area contributed by atoms with Crippen LogP contribution in [0.15, 0.2) is 59.6 Å². The fourth-order valence-corrected chi connectivity index (χ4v) is 5.17. The molecule has 1 unspecified atom stereocenters. The zero-order valence-corrected chi connectivity index (χ0v) is 21.7. The number of amides is 2. The third-order valence-corrected chi connectivity index (χ3v) is 7.06. The van der Waals surface area contributed by atoms with E-state index in [1.807, 2.05) is 0 Å². The first-order chi connectivity index (χ1) is 18.2. The van der Waals surface area contributed by atoms with E-state index in [1.54, 1.807) is 44.2 Å². The molecule has 38 heavy (non-hydrogen) atoms. The molecule has 3 aromatic rings. The van der Waals surface area contributed by atoms with Gasteiger partial charge < -0.3 is 9.47 Å². The molecular formula is C28H23N3O6S. The van der Waals surface area contributed by atoms with Crippen molar-refractivity contribution in [3.63, 3.8) is 0 Å². The van der Waals surface area contributed by atoms with Gasteiger partial charge in [-0.05, 0) is 74.0 Å². The van der Waals surface area contributed by atoms with E-state index in [-0.39, 0.29) is 17.8 Å². The van der Waals surface area contributed by atoms with Crippen LogP contribution in [0.2, 0.25) is 0 Å². The molecule has 0 aliphatic carbocycles. The summed E-state index contributed by atoms with van der Waals surface area (Å²) in [6.45, 7) is 3.16. The number of anilines is 1. The minimum absolute atomic E-state index is 0.0414. The molecule has 1 aliphatic rings. The lowest BCUT2D eigenvalue weighted by Gasteiger charge is -2.15. The number of aromatic nitrogens is 1. The minimum Gasteiger partial charge on any atom is -0.497 e. The predicted octanol–water partition coefficient (Wildman–Crippen LogP) is 4.04. The first kappa shape index (κ1) is 26.6. The van der Waals surface area contributed by atoms with Crippen molar-refractivity contribution in [1.29, 1.82) is 5.26 Å². The Kier molecular flexibility index (Phi) is 7.88. The van der Waals surface area contributed by atoms with Crippen LogP contribution in [0.3, 0.4) is 0 Å². The number of ketones is 1. The molecule has 2 aromatic carbocycles. The Hall–Kier alpha value is -4.49. The number of carbonyl (C=O) groups is 4. The number of imide groups is 1. The molecule has 0 saturated carbocycles. The topological polar surface area (TPSA) is 127 Å². The number of thioether (sulfide) groups is 1. The third kappa shape index (κ3) is 5.58. The molecule has 9 nitrogen and oxygen atoms in total. The van der Waals surface area contributed by atoms with Gasteiger partial charge in [0.15, 0.2) is 12.4 Å². The van der Waals surface area contributed by atoms with E-state index < -0.39 is 29.6 Å². The van der Waals surface area contributed by atoms with Crippen molar-refractivity contribution in [2.24, 2.45) is 0 Å². The molecule has 0 N–H and O–H groups in total. The number of nitrogens with zero attached hydrogens (tertiary/aromatic N) is 3. The highest BCUT2D eigenvalue weighted by atomic mass is 32.2. The highest BCUT2D eigenvalue weighted by molar-refractivity contribution is 8.00. The minimum atomic E-state index is -0.725. The molecule has 2 amide bonds. The van der Waals surface area contributed by atoms with Gasteiger partial charge in [0.25, 0.3) is 0 Å². The second-order valence-corrected chi connectivity index (χ2v) is 9.72. The number of rotatable bonds is 8. The maximum atomic E-state index is 13.1. The van der Waals surface area contributed by atoms with E-state index in [0.29, 0.717) is 33.3 Å². The molecule has 1 fully saturated rings. The molecule has 0 bridgehead atoms. The number of ether oxygens (including phenoxy) is 2. The maximum Gasteiger partial charge on any atom is 0.338 e. The highest BCUT2D eigenvalue weighted by Gasteiger charge is 2.41. The summed E-state index contributed by atoms with van der Waals surface area (Å²) in [5, 5.41) is 9.19. The van der Waals surface area contributed by atoms with Crippen molar-refractivity contribution in [1.82, 2.24) is 4.98 Å². The van der Waals surface area contributed by atoms with Crippen molar-refractivity contribution < 1.29 is 28.7 Å². The highest BCUT2D eigenvalue weighted by Crippen LogP contribution is 2.35. The van der Waals surface area contributed by atoms with Crippen molar-refractivity contribution in [2.75, 3.05) is 18.6 Å². The SMILES string of the molecule is COc1ccc(C(=O)COC(=O)c2ccc(N3C(=O)CC(Sc4nc(C)cc(C)c4C#N)C3=O)cc2)cc1. The number of pyridine rings is 1. The number of nitriles is 1. The van der Waals surface area contributed by atoms with E-state index in [9.17, 15) is 24.4 Å². The number of hydrogen-bond donors (Lipinski definition) is 0. The number of Topliss-reactive ketones (excluding diaryl/α,β-unsaturated/α-hetero) is 1. The van der Waals surface area contributed by atoms with Crippen LogP contribution in [0.4, 0.5) is 5.69 Å². The first-order valence-corrected chi connectivity index (χ1v) is 12.5. The van der Waals surface area contributed by atoms with Gasteiger partial charge in [-0.2, -0.15) is 5.26 Å². The lowest BCUT2D eigenvalue weighted by Crippen LogP contribution is -2.31. The number of aryl methyl sites for hydroxylation is 2. The normalized spacial score (nSPS) is 14.8. The molecule has 192 valence electrons. The Morgan fingerprint density at radius 1 is 1.08 bits per heavy atom. The van der Waals surface area contributed by atoms with Gasteiger partial charge in [-0.1, -0.05) is 11.8 Å². The summed E-state index contributed by atoms with van der Waals surface area (Å²) in [6, 6.07) is 16.1. The number of benzene rings is 2. The summed E-state index contributed by atoms with van der Waals surface area (Å²) in [5.41, 5.74) is 2.70. The van der Waals surface area contributed by atoms with Gasteiger partial charge in [0.2, 0.25) is 11.8 Å². The second-order valence-electron chi connectivity index (χ2n) is 8.53. The van der Waals surface area contributed by atoms with Crippen LogP contribution in [0.25, 0.3) is 0 Å². The summed E-state index contributed by atoms with van der Waals surface area (Å²) in [5.74, 6) is -1.29. The van der Waals surface area contributed by atoms with Crippen LogP contribution in [0, 0.1) is 25.2 Å². The predicted molar refractivity (Wildman–Crippen MR) is 139 cm³/mol. The van der Waals surface area contributed by atoms with E-state index in [0.717, 1.165) is 22.2 Å². The molecule has 1 atom stereocenters. The molecule has 2 heterocycles. The third-order valence-electron chi connectivity index (χ3n) is 5.89.